The van der Waals surface area contributed by atoms with Crippen LogP contribution in [-0.2, 0) is 4.79 Å². The number of nitrogens with one attached hydrogen (secondary N) is 1. The lowest BCUT2D eigenvalue weighted by Crippen LogP contribution is -2.54. The molecule has 0 bridgehead atoms. The fourth-order valence-electron chi connectivity index (χ4n) is 1.64. The zero-order chi connectivity index (χ0) is 12.5. The van der Waals surface area contributed by atoms with Gasteiger partial charge in [-0.3, -0.25) is 4.79 Å². The van der Waals surface area contributed by atoms with Crippen LogP contribution >= 0.6 is 11.8 Å². The molecule has 1 amide bonds. The van der Waals surface area contributed by atoms with E-state index in [0.29, 0.717) is 17.9 Å². The van der Waals surface area contributed by atoms with E-state index >= 15 is 0 Å². The van der Waals surface area contributed by atoms with Gasteiger partial charge in [-0.1, -0.05) is 5.16 Å². The Labute approximate surface area is 102 Å². The van der Waals surface area contributed by atoms with Crippen molar-refractivity contribution in [2.45, 2.75) is 18.9 Å². The van der Waals surface area contributed by atoms with Crippen molar-refractivity contribution in [3.63, 3.8) is 0 Å². The minimum Gasteiger partial charge on any atom is -0.479 e. The molecule has 0 aromatic carbocycles. The van der Waals surface area contributed by atoms with Crippen LogP contribution in [0.25, 0.3) is 0 Å². The molecule has 2 rings (SSSR count). The van der Waals surface area contributed by atoms with Crippen molar-refractivity contribution in [2.75, 3.05) is 11.5 Å². The van der Waals surface area contributed by atoms with Gasteiger partial charge in [0.05, 0.1) is 5.69 Å². The minimum absolute atomic E-state index is 0.0417. The van der Waals surface area contributed by atoms with E-state index in [1.54, 1.807) is 6.92 Å². The number of rotatable bonds is 3. The summed E-state index contributed by atoms with van der Waals surface area (Å²) < 4.78 is 4.80. The van der Waals surface area contributed by atoms with Crippen LogP contribution in [0.15, 0.2) is 10.6 Å². The molecular formula is C10H12N2O4S. The maximum atomic E-state index is 11.8. The smallest absolute Gasteiger partial charge is 0.330 e. The standard InChI is InChI=1S/C10H12N2O4S/c1-6-4-7(16-12-6)8(13)11-10(9(14)15)2-3-17-5-10/h4H,2-3,5H2,1H3,(H,11,13)(H,14,15). The second-order valence-corrected chi connectivity index (χ2v) is 5.08. The van der Waals surface area contributed by atoms with E-state index in [-0.39, 0.29) is 5.76 Å². The number of carbonyl (C=O) groups is 2. The molecule has 1 fully saturated rings. The first-order valence-electron chi connectivity index (χ1n) is 5.10. The minimum atomic E-state index is -1.18. The van der Waals surface area contributed by atoms with Crippen LogP contribution in [0.5, 0.6) is 0 Å². The zero-order valence-electron chi connectivity index (χ0n) is 9.23. The number of aryl methyl sites for hydroxylation is 1. The van der Waals surface area contributed by atoms with E-state index in [4.69, 9.17) is 4.52 Å². The quantitative estimate of drug-likeness (QED) is 0.826. The Morgan fingerprint density at radius 2 is 2.41 bits per heavy atom. The summed E-state index contributed by atoms with van der Waals surface area (Å²) in [6.45, 7) is 1.69. The van der Waals surface area contributed by atoms with E-state index < -0.39 is 17.4 Å². The monoisotopic (exact) mass is 256 g/mol. The topological polar surface area (TPSA) is 92.4 Å². The third-order valence-corrected chi connectivity index (χ3v) is 3.83. The summed E-state index contributed by atoms with van der Waals surface area (Å²) in [5, 5.41) is 15.3. The molecule has 17 heavy (non-hydrogen) atoms. The predicted octanol–water partition coefficient (Wildman–Crippen LogP) is 0.673. The fraction of sp³-hybridized carbons (Fsp3) is 0.500. The summed E-state index contributed by atoms with van der Waals surface area (Å²) in [6, 6.07) is 1.48. The van der Waals surface area contributed by atoms with Gasteiger partial charge in [0, 0.05) is 11.8 Å². The van der Waals surface area contributed by atoms with Gasteiger partial charge >= 0.3 is 5.97 Å². The van der Waals surface area contributed by atoms with Crippen molar-refractivity contribution in [3.05, 3.63) is 17.5 Å². The van der Waals surface area contributed by atoms with Gasteiger partial charge in [-0.2, -0.15) is 11.8 Å². The van der Waals surface area contributed by atoms with Crippen molar-refractivity contribution >= 4 is 23.6 Å². The van der Waals surface area contributed by atoms with Crippen molar-refractivity contribution in [1.82, 2.24) is 10.5 Å². The fourth-order valence-corrected chi connectivity index (χ4v) is 2.96. The number of carboxylic acids is 1. The third-order valence-electron chi connectivity index (χ3n) is 2.64. The maximum Gasteiger partial charge on any atom is 0.330 e. The van der Waals surface area contributed by atoms with E-state index in [9.17, 15) is 14.7 Å². The van der Waals surface area contributed by atoms with Gasteiger partial charge in [0.2, 0.25) is 5.76 Å². The Bertz CT molecular complexity index is 451. The Hall–Kier alpha value is -1.50. The van der Waals surface area contributed by atoms with Crippen LogP contribution in [0.3, 0.4) is 0 Å². The third kappa shape index (κ3) is 2.28. The largest absolute Gasteiger partial charge is 0.479 e. The number of aromatic nitrogens is 1. The Balaban J connectivity index is 2.14. The molecule has 2 heterocycles. The van der Waals surface area contributed by atoms with Crippen molar-refractivity contribution < 1.29 is 19.2 Å². The lowest BCUT2D eigenvalue weighted by atomic mass is 9.99. The molecule has 7 heteroatoms. The first-order chi connectivity index (χ1) is 8.03. The molecule has 92 valence electrons. The average molecular weight is 256 g/mol. The van der Waals surface area contributed by atoms with Gasteiger partial charge in [-0.25, -0.2) is 4.79 Å². The second kappa shape index (κ2) is 4.40. The first-order valence-corrected chi connectivity index (χ1v) is 6.26. The maximum absolute atomic E-state index is 11.8. The van der Waals surface area contributed by atoms with Gasteiger partial charge in [-0.05, 0) is 19.1 Å². The van der Waals surface area contributed by atoms with E-state index in [0.717, 1.165) is 5.75 Å². The number of thioether (sulfide) groups is 1. The second-order valence-electron chi connectivity index (χ2n) is 3.98. The van der Waals surface area contributed by atoms with Crippen molar-refractivity contribution in [1.29, 1.82) is 0 Å². The normalized spacial score (nSPS) is 23.6. The Morgan fingerprint density at radius 3 is 2.88 bits per heavy atom. The van der Waals surface area contributed by atoms with Crippen LogP contribution < -0.4 is 5.32 Å². The number of carboxylic acid groups (broad SMARTS) is 1. The molecule has 0 radical (unpaired) electrons. The summed E-state index contributed by atoms with van der Waals surface area (Å²) in [4.78, 5) is 23.0. The summed E-state index contributed by atoms with van der Waals surface area (Å²) in [7, 11) is 0. The highest BCUT2D eigenvalue weighted by Crippen LogP contribution is 2.28. The van der Waals surface area contributed by atoms with E-state index in [1.165, 1.54) is 17.8 Å². The van der Waals surface area contributed by atoms with E-state index in [2.05, 4.69) is 10.5 Å². The number of nitrogens with zero attached hydrogens (tertiary/aromatic N) is 1. The molecule has 0 spiro atoms. The van der Waals surface area contributed by atoms with Crippen molar-refractivity contribution in [3.8, 4) is 0 Å². The van der Waals surface area contributed by atoms with E-state index in [1.807, 2.05) is 0 Å². The Morgan fingerprint density at radius 1 is 1.65 bits per heavy atom. The summed E-state index contributed by atoms with van der Waals surface area (Å²) >= 11 is 1.51. The molecule has 0 aliphatic carbocycles. The highest BCUT2D eigenvalue weighted by molar-refractivity contribution is 7.99. The molecule has 1 aliphatic heterocycles. The average Bonchev–Trinajstić information content (AvgIpc) is 2.87. The predicted molar refractivity (Wildman–Crippen MR) is 61.0 cm³/mol. The van der Waals surface area contributed by atoms with Gasteiger partial charge < -0.3 is 14.9 Å². The van der Waals surface area contributed by atoms with Crippen LogP contribution in [0.2, 0.25) is 0 Å². The van der Waals surface area contributed by atoms with Gasteiger partial charge in [-0.15, -0.1) is 0 Å². The van der Waals surface area contributed by atoms with Crippen LogP contribution in [-0.4, -0.2) is 39.2 Å². The highest BCUT2D eigenvalue weighted by atomic mass is 32.2. The summed E-state index contributed by atoms with van der Waals surface area (Å²) in [5.41, 5.74) is -0.594. The van der Waals surface area contributed by atoms with Gasteiger partial charge in [0.15, 0.2) is 0 Å². The first kappa shape index (κ1) is 12.0. The lowest BCUT2D eigenvalue weighted by Gasteiger charge is -2.23. The highest BCUT2D eigenvalue weighted by Gasteiger charge is 2.43. The molecule has 1 atom stereocenters. The number of hydrogen-bond donors (Lipinski definition) is 2. The summed E-state index contributed by atoms with van der Waals surface area (Å²) in [6.07, 6.45) is 0.422. The number of amides is 1. The number of carbonyl (C=O) groups excluding carboxylic acids is 1. The Kier molecular flexibility index (Phi) is 3.10. The molecule has 1 aliphatic rings. The zero-order valence-corrected chi connectivity index (χ0v) is 10.0. The molecule has 2 N–H and O–H groups in total. The van der Waals surface area contributed by atoms with Crippen molar-refractivity contribution in [2.24, 2.45) is 0 Å². The number of aliphatic carboxylic acids is 1. The molecule has 1 aromatic heterocycles. The molecule has 1 saturated heterocycles. The van der Waals surface area contributed by atoms with Crippen LogP contribution in [0, 0.1) is 6.92 Å². The summed E-state index contributed by atoms with van der Waals surface area (Å²) in [5.74, 6) is -0.397. The molecule has 1 unspecified atom stereocenters. The number of hydrogen-bond acceptors (Lipinski definition) is 5. The van der Waals surface area contributed by atoms with Crippen LogP contribution in [0.1, 0.15) is 22.7 Å². The molecule has 0 saturated carbocycles. The van der Waals surface area contributed by atoms with Crippen LogP contribution in [0.4, 0.5) is 0 Å². The van der Waals surface area contributed by atoms with Gasteiger partial charge in [0.25, 0.3) is 5.91 Å². The molecular weight excluding hydrogens is 244 g/mol. The molecule has 1 aromatic rings. The van der Waals surface area contributed by atoms with Gasteiger partial charge in [0.1, 0.15) is 5.54 Å². The SMILES string of the molecule is Cc1cc(C(=O)NC2(C(=O)O)CCSC2)on1. The molecule has 6 nitrogen and oxygen atoms in total. The lowest BCUT2D eigenvalue weighted by molar-refractivity contribution is -0.143.